The SMILES string of the molecule is CC1(C)c2ccccc2-c2cc3c4ccccc4n(-c4nc(-c5cccc6c5oc5cc7ccccc7cc56)c5ccccc5n4)c3cc21. The van der Waals surface area contributed by atoms with E-state index in [4.69, 9.17) is 14.4 Å². The van der Waals surface area contributed by atoms with Crippen molar-refractivity contribution in [2.75, 3.05) is 0 Å². The predicted octanol–water partition coefficient (Wildman–Crippen LogP) is 11.8. The van der Waals surface area contributed by atoms with Gasteiger partial charge < -0.3 is 4.42 Å². The first kappa shape index (κ1) is 26.8. The molecular formula is C45H29N3O. The van der Waals surface area contributed by atoms with E-state index in [9.17, 15) is 0 Å². The minimum Gasteiger partial charge on any atom is -0.455 e. The molecule has 0 unspecified atom stereocenters. The Morgan fingerprint density at radius 2 is 1.22 bits per heavy atom. The van der Waals surface area contributed by atoms with Crippen molar-refractivity contribution in [3.8, 4) is 28.3 Å². The topological polar surface area (TPSA) is 43.9 Å². The highest BCUT2D eigenvalue weighted by Gasteiger charge is 2.36. The van der Waals surface area contributed by atoms with Crippen LogP contribution in [0.5, 0.6) is 0 Å². The van der Waals surface area contributed by atoms with E-state index in [2.05, 4.69) is 158 Å². The van der Waals surface area contributed by atoms with Crippen molar-refractivity contribution in [2.24, 2.45) is 0 Å². The summed E-state index contributed by atoms with van der Waals surface area (Å²) in [4.78, 5) is 10.7. The molecule has 10 aromatic rings. The maximum Gasteiger partial charge on any atom is 0.235 e. The van der Waals surface area contributed by atoms with Crippen LogP contribution < -0.4 is 0 Å². The number of furan rings is 1. The van der Waals surface area contributed by atoms with Crippen LogP contribution in [0.3, 0.4) is 0 Å². The molecule has 0 saturated heterocycles. The highest BCUT2D eigenvalue weighted by Crippen LogP contribution is 2.51. The van der Waals surface area contributed by atoms with E-state index in [1.165, 1.54) is 38.4 Å². The standard InChI is InChI=1S/C45H29N3O/c1-45(2)36-19-8-5-14-28(36)33-24-34-29-15-7-10-21-39(29)48(40(34)25-37(33)45)44-46-38-20-9-6-16-31(38)42(47-44)32-18-11-17-30-35-22-26-12-3-4-13-27(26)23-41(35)49-43(30)32/h3-25H,1-2H3. The van der Waals surface area contributed by atoms with E-state index in [1.807, 2.05) is 0 Å². The molecule has 1 aliphatic rings. The highest BCUT2D eigenvalue weighted by atomic mass is 16.3. The van der Waals surface area contributed by atoms with Crippen molar-refractivity contribution in [2.45, 2.75) is 19.3 Å². The van der Waals surface area contributed by atoms with Crippen LogP contribution in [0.4, 0.5) is 0 Å². The lowest BCUT2D eigenvalue weighted by Gasteiger charge is -2.21. The molecule has 0 radical (unpaired) electrons. The molecule has 0 amide bonds. The molecule has 0 N–H and O–H groups in total. The zero-order valence-electron chi connectivity index (χ0n) is 27.0. The van der Waals surface area contributed by atoms with Crippen molar-refractivity contribution >= 4 is 65.4 Å². The summed E-state index contributed by atoms with van der Waals surface area (Å²) < 4.78 is 8.96. The van der Waals surface area contributed by atoms with Crippen LogP contribution in [0.1, 0.15) is 25.0 Å². The second kappa shape index (κ2) is 9.42. The summed E-state index contributed by atoms with van der Waals surface area (Å²) in [6.45, 7) is 4.66. The van der Waals surface area contributed by atoms with Gasteiger partial charge in [-0.25, -0.2) is 9.97 Å². The quantitative estimate of drug-likeness (QED) is 0.192. The second-order valence-corrected chi connectivity index (χ2v) is 13.8. The van der Waals surface area contributed by atoms with Crippen molar-refractivity contribution in [1.29, 1.82) is 0 Å². The third-order valence-electron chi connectivity index (χ3n) is 10.8. The highest BCUT2D eigenvalue weighted by molar-refractivity contribution is 6.15. The molecule has 3 heterocycles. The van der Waals surface area contributed by atoms with Gasteiger partial charge in [0.15, 0.2) is 0 Å². The Morgan fingerprint density at radius 3 is 2.12 bits per heavy atom. The van der Waals surface area contributed by atoms with Crippen molar-refractivity contribution in [1.82, 2.24) is 14.5 Å². The van der Waals surface area contributed by atoms with Crippen LogP contribution in [0.25, 0.3) is 93.8 Å². The van der Waals surface area contributed by atoms with Gasteiger partial charge >= 0.3 is 0 Å². The smallest absolute Gasteiger partial charge is 0.235 e. The van der Waals surface area contributed by atoms with Gasteiger partial charge in [-0.1, -0.05) is 111 Å². The number of nitrogens with zero attached hydrogens (tertiary/aromatic N) is 3. The van der Waals surface area contributed by atoms with Gasteiger partial charge in [0, 0.05) is 37.9 Å². The molecule has 230 valence electrons. The molecule has 0 fully saturated rings. The van der Waals surface area contributed by atoms with Gasteiger partial charge in [-0.05, 0) is 75.5 Å². The number of benzene rings is 7. The predicted molar refractivity (Wildman–Crippen MR) is 202 cm³/mol. The lowest BCUT2D eigenvalue weighted by Crippen LogP contribution is -2.15. The zero-order valence-corrected chi connectivity index (χ0v) is 27.0. The lowest BCUT2D eigenvalue weighted by atomic mass is 9.82. The molecule has 0 spiro atoms. The normalized spacial score (nSPS) is 13.7. The van der Waals surface area contributed by atoms with Gasteiger partial charge in [-0.2, -0.15) is 0 Å². The van der Waals surface area contributed by atoms with Crippen LogP contribution in [0.15, 0.2) is 144 Å². The Morgan fingerprint density at radius 1 is 0.510 bits per heavy atom. The van der Waals surface area contributed by atoms with Gasteiger partial charge in [0.2, 0.25) is 5.95 Å². The first-order valence-corrected chi connectivity index (χ1v) is 16.8. The van der Waals surface area contributed by atoms with E-state index in [0.29, 0.717) is 5.95 Å². The van der Waals surface area contributed by atoms with E-state index >= 15 is 0 Å². The molecule has 3 aromatic heterocycles. The second-order valence-electron chi connectivity index (χ2n) is 13.8. The third kappa shape index (κ3) is 3.58. The van der Waals surface area contributed by atoms with Gasteiger partial charge in [0.05, 0.1) is 22.2 Å². The maximum atomic E-state index is 6.70. The Bertz CT molecular complexity index is 3030. The van der Waals surface area contributed by atoms with Gasteiger partial charge in [-0.15, -0.1) is 0 Å². The lowest BCUT2D eigenvalue weighted by molar-refractivity contribution is 0.661. The summed E-state index contributed by atoms with van der Waals surface area (Å²) in [6.07, 6.45) is 0. The van der Waals surface area contributed by atoms with E-state index < -0.39 is 0 Å². The Balaban J connectivity index is 1.22. The average Bonchev–Trinajstić information content (AvgIpc) is 3.74. The van der Waals surface area contributed by atoms with Crippen LogP contribution in [0.2, 0.25) is 0 Å². The Labute approximate surface area is 281 Å². The summed E-state index contributed by atoms with van der Waals surface area (Å²) in [6, 6.07) is 49.7. The van der Waals surface area contributed by atoms with E-state index in [1.54, 1.807) is 0 Å². The number of fused-ring (bicyclic) bond motifs is 11. The number of aromatic nitrogens is 3. The fraction of sp³-hybridized carbons (Fsp3) is 0.0667. The third-order valence-corrected chi connectivity index (χ3v) is 10.8. The zero-order chi connectivity index (χ0) is 32.4. The molecule has 7 aromatic carbocycles. The first-order chi connectivity index (χ1) is 24.0. The van der Waals surface area contributed by atoms with Crippen LogP contribution in [-0.4, -0.2) is 14.5 Å². The summed E-state index contributed by atoms with van der Waals surface area (Å²) in [5.74, 6) is 0.645. The van der Waals surface area contributed by atoms with E-state index in [-0.39, 0.29) is 5.41 Å². The molecule has 4 nitrogen and oxygen atoms in total. The summed E-state index contributed by atoms with van der Waals surface area (Å²) in [5.41, 5.74) is 11.8. The maximum absolute atomic E-state index is 6.70. The summed E-state index contributed by atoms with van der Waals surface area (Å²) in [5, 5.41) is 7.92. The molecule has 0 aliphatic heterocycles. The summed E-state index contributed by atoms with van der Waals surface area (Å²) >= 11 is 0. The van der Waals surface area contributed by atoms with Gasteiger partial charge in [0.25, 0.3) is 0 Å². The van der Waals surface area contributed by atoms with Crippen LogP contribution in [0, 0.1) is 0 Å². The molecule has 0 saturated carbocycles. The van der Waals surface area contributed by atoms with Gasteiger partial charge in [0.1, 0.15) is 11.2 Å². The first-order valence-electron chi connectivity index (χ1n) is 16.8. The minimum atomic E-state index is -0.126. The molecule has 49 heavy (non-hydrogen) atoms. The molecule has 1 aliphatic carbocycles. The van der Waals surface area contributed by atoms with Crippen molar-refractivity contribution < 1.29 is 4.42 Å². The Kier molecular flexibility index (Phi) is 5.15. The average molecular weight is 628 g/mol. The largest absolute Gasteiger partial charge is 0.455 e. The number of hydrogen-bond acceptors (Lipinski definition) is 3. The summed E-state index contributed by atoms with van der Waals surface area (Å²) in [7, 11) is 0. The molecular weight excluding hydrogens is 599 g/mol. The number of rotatable bonds is 2. The molecule has 0 atom stereocenters. The molecule has 4 heteroatoms. The minimum absolute atomic E-state index is 0.126. The van der Waals surface area contributed by atoms with Crippen LogP contribution >= 0.6 is 0 Å². The van der Waals surface area contributed by atoms with Gasteiger partial charge in [-0.3, -0.25) is 4.57 Å². The number of hydrogen-bond donors (Lipinski definition) is 0. The van der Waals surface area contributed by atoms with Crippen molar-refractivity contribution in [3.05, 3.63) is 151 Å². The number of para-hydroxylation sites is 3. The van der Waals surface area contributed by atoms with E-state index in [0.717, 1.165) is 60.5 Å². The van der Waals surface area contributed by atoms with Crippen molar-refractivity contribution in [3.63, 3.8) is 0 Å². The molecule has 0 bridgehead atoms. The fourth-order valence-electron chi connectivity index (χ4n) is 8.42. The van der Waals surface area contributed by atoms with Crippen LogP contribution in [-0.2, 0) is 5.41 Å². The monoisotopic (exact) mass is 627 g/mol. The Hall–Kier alpha value is -6.26. The molecule has 11 rings (SSSR count). The fourth-order valence-corrected chi connectivity index (χ4v) is 8.42.